The molecular formula is C14H19NO2. The minimum absolute atomic E-state index is 0.389. The van der Waals surface area contributed by atoms with E-state index in [1.54, 1.807) is 13.0 Å². The Kier molecular flexibility index (Phi) is 6.04. The number of aryl methyl sites for hydroxylation is 1. The first-order chi connectivity index (χ1) is 8.20. The largest absolute Gasteiger partial charge is 0.478 e. The summed E-state index contributed by atoms with van der Waals surface area (Å²) >= 11 is 0. The van der Waals surface area contributed by atoms with Crippen LogP contribution >= 0.6 is 0 Å². The Balaban J connectivity index is 2.10. The summed E-state index contributed by atoms with van der Waals surface area (Å²) in [6.45, 7) is 3.12. The fourth-order valence-corrected chi connectivity index (χ4v) is 1.48. The van der Waals surface area contributed by atoms with Crippen molar-refractivity contribution in [3.05, 3.63) is 47.5 Å². The highest BCUT2D eigenvalue weighted by molar-refractivity contribution is 5.85. The predicted octanol–water partition coefficient (Wildman–Crippen LogP) is 2.24. The number of carboxylic acids is 1. The van der Waals surface area contributed by atoms with Crippen LogP contribution in [0, 0.1) is 0 Å². The van der Waals surface area contributed by atoms with Crippen molar-refractivity contribution in [3.8, 4) is 0 Å². The molecule has 17 heavy (non-hydrogen) atoms. The highest BCUT2D eigenvalue weighted by Gasteiger charge is 1.97. The third-order valence-corrected chi connectivity index (χ3v) is 2.55. The fourth-order valence-electron chi connectivity index (χ4n) is 1.48. The van der Waals surface area contributed by atoms with Gasteiger partial charge in [0.25, 0.3) is 0 Å². The van der Waals surface area contributed by atoms with Crippen molar-refractivity contribution in [2.75, 3.05) is 13.1 Å². The molecule has 0 fully saturated rings. The molecule has 2 N–H and O–H groups in total. The molecule has 3 heteroatoms. The Morgan fingerprint density at radius 2 is 2.06 bits per heavy atom. The molecule has 1 aromatic rings. The van der Waals surface area contributed by atoms with Gasteiger partial charge in [-0.15, -0.1) is 0 Å². The van der Waals surface area contributed by atoms with Crippen molar-refractivity contribution in [2.24, 2.45) is 0 Å². The van der Waals surface area contributed by atoms with E-state index in [0.29, 0.717) is 12.1 Å². The average molecular weight is 233 g/mol. The number of aliphatic carboxylic acids is 1. The van der Waals surface area contributed by atoms with Crippen molar-refractivity contribution < 1.29 is 9.90 Å². The number of hydrogen-bond acceptors (Lipinski definition) is 2. The zero-order valence-corrected chi connectivity index (χ0v) is 10.1. The molecule has 0 amide bonds. The third kappa shape index (κ3) is 5.88. The monoisotopic (exact) mass is 233 g/mol. The van der Waals surface area contributed by atoms with Crippen LogP contribution in [0.15, 0.2) is 42.0 Å². The Morgan fingerprint density at radius 1 is 1.35 bits per heavy atom. The smallest absolute Gasteiger partial charge is 0.330 e. The fraction of sp³-hybridized carbons (Fsp3) is 0.357. The molecule has 0 spiro atoms. The van der Waals surface area contributed by atoms with E-state index in [1.807, 2.05) is 18.2 Å². The number of rotatable bonds is 7. The summed E-state index contributed by atoms with van der Waals surface area (Å²) in [4.78, 5) is 10.5. The van der Waals surface area contributed by atoms with Crippen molar-refractivity contribution >= 4 is 5.97 Å². The molecule has 0 aromatic heterocycles. The molecule has 0 saturated carbocycles. The van der Waals surface area contributed by atoms with Crippen molar-refractivity contribution in [2.45, 2.75) is 19.8 Å². The van der Waals surface area contributed by atoms with E-state index in [9.17, 15) is 4.79 Å². The van der Waals surface area contributed by atoms with E-state index in [4.69, 9.17) is 5.11 Å². The Labute approximate surface area is 102 Å². The van der Waals surface area contributed by atoms with Crippen LogP contribution in [0.1, 0.15) is 18.9 Å². The maximum Gasteiger partial charge on any atom is 0.330 e. The summed E-state index contributed by atoms with van der Waals surface area (Å²) in [5.41, 5.74) is 1.73. The van der Waals surface area contributed by atoms with Crippen LogP contribution in [0.25, 0.3) is 0 Å². The third-order valence-electron chi connectivity index (χ3n) is 2.55. The quantitative estimate of drug-likeness (QED) is 0.561. The summed E-state index contributed by atoms with van der Waals surface area (Å²) < 4.78 is 0. The summed E-state index contributed by atoms with van der Waals surface area (Å²) in [6, 6.07) is 10.3. The first-order valence-electron chi connectivity index (χ1n) is 5.85. The molecule has 1 rings (SSSR count). The molecule has 0 aliphatic heterocycles. The highest BCUT2D eigenvalue weighted by Crippen LogP contribution is 2.01. The van der Waals surface area contributed by atoms with Crippen molar-refractivity contribution in [3.63, 3.8) is 0 Å². The highest BCUT2D eigenvalue weighted by atomic mass is 16.4. The molecule has 0 aliphatic carbocycles. The van der Waals surface area contributed by atoms with Gasteiger partial charge in [-0.1, -0.05) is 36.4 Å². The molecule has 0 aliphatic rings. The maximum absolute atomic E-state index is 10.5. The van der Waals surface area contributed by atoms with Crippen LogP contribution in [0.5, 0.6) is 0 Å². The zero-order chi connectivity index (χ0) is 12.5. The van der Waals surface area contributed by atoms with Gasteiger partial charge < -0.3 is 10.4 Å². The predicted molar refractivity (Wildman–Crippen MR) is 69.0 cm³/mol. The van der Waals surface area contributed by atoms with Crippen LogP contribution < -0.4 is 5.32 Å². The molecule has 0 heterocycles. The van der Waals surface area contributed by atoms with E-state index >= 15 is 0 Å². The molecule has 0 bridgehead atoms. The number of hydrogen-bond donors (Lipinski definition) is 2. The lowest BCUT2D eigenvalue weighted by Gasteiger charge is -2.02. The zero-order valence-electron chi connectivity index (χ0n) is 10.1. The first-order valence-corrected chi connectivity index (χ1v) is 5.85. The van der Waals surface area contributed by atoms with Crippen LogP contribution in [0.4, 0.5) is 0 Å². The molecule has 0 atom stereocenters. The van der Waals surface area contributed by atoms with Crippen molar-refractivity contribution in [1.29, 1.82) is 0 Å². The Bertz CT molecular complexity index is 371. The molecule has 0 radical (unpaired) electrons. The van der Waals surface area contributed by atoms with E-state index in [-0.39, 0.29) is 0 Å². The molecule has 3 nitrogen and oxygen atoms in total. The Morgan fingerprint density at radius 3 is 2.71 bits per heavy atom. The molecular weight excluding hydrogens is 214 g/mol. The van der Waals surface area contributed by atoms with Crippen LogP contribution in [-0.2, 0) is 11.2 Å². The molecule has 1 aromatic carbocycles. The van der Waals surface area contributed by atoms with Crippen molar-refractivity contribution in [1.82, 2.24) is 5.32 Å². The topological polar surface area (TPSA) is 49.3 Å². The second-order valence-electron chi connectivity index (χ2n) is 3.99. The van der Waals surface area contributed by atoms with Gasteiger partial charge in [-0.2, -0.15) is 0 Å². The lowest BCUT2D eigenvalue weighted by Crippen LogP contribution is -2.16. The number of carboxylic acid groups (broad SMARTS) is 1. The second kappa shape index (κ2) is 7.63. The lowest BCUT2D eigenvalue weighted by molar-refractivity contribution is -0.132. The van der Waals surface area contributed by atoms with Gasteiger partial charge in [0.15, 0.2) is 0 Å². The van der Waals surface area contributed by atoms with Gasteiger partial charge in [0.2, 0.25) is 0 Å². The number of nitrogens with one attached hydrogen (secondary N) is 1. The van der Waals surface area contributed by atoms with Crippen LogP contribution in [0.2, 0.25) is 0 Å². The van der Waals surface area contributed by atoms with Gasteiger partial charge in [0.1, 0.15) is 0 Å². The summed E-state index contributed by atoms with van der Waals surface area (Å²) in [6.07, 6.45) is 3.81. The van der Waals surface area contributed by atoms with Gasteiger partial charge >= 0.3 is 5.97 Å². The van der Waals surface area contributed by atoms with Crippen LogP contribution in [-0.4, -0.2) is 24.2 Å². The minimum Gasteiger partial charge on any atom is -0.478 e. The number of carbonyl (C=O) groups is 1. The summed E-state index contributed by atoms with van der Waals surface area (Å²) in [5.74, 6) is -0.851. The second-order valence-corrected chi connectivity index (χ2v) is 3.99. The average Bonchev–Trinajstić information content (AvgIpc) is 2.34. The molecule has 92 valence electrons. The molecule has 0 unspecified atom stereocenters. The van der Waals surface area contributed by atoms with Crippen LogP contribution in [0.3, 0.4) is 0 Å². The van der Waals surface area contributed by atoms with E-state index < -0.39 is 5.97 Å². The SMILES string of the molecule is C/C(=C/CNCCCc1ccccc1)C(=O)O. The lowest BCUT2D eigenvalue weighted by atomic mass is 10.1. The van der Waals surface area contributed by atoms with Gasteiger partial charge in [0, 0.05) is 12.1 Å². The van der Waals surface area contributed by atoms with E-state index in [1.165, 1.54) is 5.56 Å². The number of benzene rings is 1. The summed E-state index contributed by atoms with van der Waals surface area (Å²) in [7, 11) is 0. The van der Waals surface area contributed by atoms with E-state index in [2.05, 4.69) is 17.4 Å². The van der Waals surface area contributed by atoms with Gasteiger partial charge in [-0.25, -0.2) is 4.79 Å². The Hall–Kier alpha value is -1.61. The maximum atomic E-state index is 10.5. The minimum atomic E-state index is -0.851. The normalized spacial score (nSPS) is 11.5. The van der Waals surface area contributed by atoms with Gasteiger partial charge in [0.05, 0.1) is 0 Å². The first kappa shape index (κ1) is 13.5. The van der Waals surface area contributed by atoms with E-state index in [0.717, 1.165) is 19.4 Å². The van der Waals surface area contributed by atoms with Gasteiger partial charge in [-0.3, -0.25) is 0 Å². The standard InChI is InChI=1S/C14H19NO2/c1-12(14(16)17)9-11-15-10-5-8-13-6-3-2-4-7-13/h2-4,6-7,9,15H,5,8,10-11H2,1H3,(H,16,17)/b12-9-. The van der Waals surface area contributed by atoms with Gasteiger partial charge in [-0.05, 0) is 31.9 Å². The molecule has 0 saturated heterocycles. The summed E-state index contributed by atoms with van der Waals surface area (Å²) in [5, 5.41) is 11.8.